The molecule has 0 unspecified atom stereocenters. The van der Waals surface area contributed by atoms with Crippen LogP contribution in [0.3, 0.4) is 0 Å². The lowest BCUT2D eigenvalue weighted by Gasteiger charge is -2.14. The predicted molar refractivity (Wildman–Crippen MR) is 116 cm³/mol. The van der Waals surface area contributed by atoms with Crippen LogP contribution in [0.15, 0.2) is 34.7 Å². The average molecular weight is 426 g/mol. The summed E-state index contributed by atoms with van der Waals surface area (Å²) < 4.78 is 17.1. The van der Waals surface area contributed by atoms with E-state index >= 15 is 0 Å². The summed E-state index contributed by atoms with van der Waals surface area (Å²) in [5.41, 5.74) is 2.22. The Hall–Kier alpha value is -3.48. The van der Waals surface area contributed by atoms with Gasteiger partial charge in [0.05, 0.1) is 24.2 Å². The zero-order valence-corrected chi connectivity index (χ0v) is 17.9. The molecule has 3 rings (SSSR count). The van der Waals surface area contributed by atoms with Crippen molar-refractivity contribution in [2.75, 3.05) is 13.2 Å². The maximum atomic E-state index is 11.7. The highest BCUT2D eigenvalue weighted by Crippen LogP contribution is 2.35. The van der Waals surface area contributed by atoms with Gasteiger partial charge in [0.15, 0.2) is 11.5 Å². The van der Waals surface area contributed by atoms with E-state index < -0.39 is 5.97 Å². The van der Waals surface area contributed by atoms with E-state index in [0.717, 1.165) is 12.0 Å². The SMILES string of the molecule is CCCc1c(OCCCOc2c(C(=O)O)oc3c(C)cccc23)ccc(C(C)=O)c1O. The van der Waals surface area contributed by atoms with Gasteiger partial charge in [0.1, 0.15) is 17.1 Å². The third-order valence-electron chi connectivity index (χ3n) is 4.97. The van der Waals surface area contributed by atoms with Crippen molar-refractivity contribution in [1.82, 2.24) is 0 Å². The number of carboxylic acids is 1. The number of aromatic carboxylic acids is 1. The number of hydrogen-bond acceptors (Lipinski definition) is 6. The van der Waals surface area contributed by atoms with Crippen molar-refractivity contribution in [3.63, 3.8) is 0 Å². The van der Waals surface area contributed by atoms with Crippen LogP contribution in [0.2, 0.25) is 0 Å². The smallest absolute Gasteiger partial charge is 0.375 e. The lowest BCUT2D eigenvalue weighted by atomic mass is 10.0. The monoisotopic (exact) mass is 426 g/mol. The fraction of sp³-hybridized carbons (Fsp3) is 0.333. The van der Waals surface area contributed by atoms with Crippen LogP contribution in [-0.2, 0) is 6.42 Å². The Kier molecular flexibility index (Phi) is 6.84. The van der Waals surface area contributed by atoms with Crippen LogP contribution in [0.25, 0.3) is 11.0 Å². The molecule has 164 valence electrons. The van der Waals surface area contributed by atoms with Gasteiger partial charge < -0.3 is 24.1 Å². The Morgan fingerprint density at radius 3 is 2.52 bits per heavy atom. The summed E-state index contributed by atoms with van der Waals surface area (Å²) in [6, 6.07) is 8.68. The van der Waals surface area contributed by atoms with Gasteiger partial charge >= 0.3 is 5.97 Å². The zero-order valence-electron chi connectivity index (χ0n) is 17.9. The van der Waals surface area contributed by atoms with E-state index in [1.165, 1.54) is 6.92 Å². The first-order valence-corrected chi connectivity index (χ1v) is 10.2. The molecule has 0 aliphatic carbocycles. The number of carbonyl (C=O) groups excluding carboxylic acids is 1. The van der Waals surface area contributed by atoms with Crippen LogP contribution in [0.4, 0.5) is 0 Å². The number of phenols is 1. The molecular weight excluding hydrogens is 400 g/mol. The van der Waals surface area contributed by atoms with Gasteiger partial charge in [-0.2, -0.15) is 0 Å². The van der Waals surface area contributed by atoms with Gasteiger partial charge in [0, 0.05) is 12.0 Å². The lowest BCUT2D eigenvalue weighted by molar-refractivity contribution is 0.0658. The Bertz CT molecular complexity index is 1110. The van der Waals surface area contributed by atoms with Crippen molar-refractivity contribution in [3.05, 3.63) is 52.8 Å². The molecule has 0 aliphatic heterocycles. The Morgan fingerprint density at radius 2 is 1.84 bits per heavy atom. The standard InChI is InChI=1S/C24H26O7/c1-4-7-17-19(11-10-16(15(3)25)20(17)26)29-12-6-13-30-22-18-9-5-8-14(2)21(18)31-23(22)24(27)28/h5,8-11,26H,4,6-7,12-13H2,1-3H3,(H,27,28). The number of para-hydroxylation sites is 1. The van der Waals surface area contributed by atoms with Crippen LogP contribution in [0.1, 0.15) is 58.7 Å². The largest absolute Gasteiger partial charge is 0.507 e. The van der Waals surface area contributed by atoms with Crippen molar-refractivity contribution >= 4 is 22.7 Å². The van der Waals surface area contributed by atoms with E-state index in [4.69, 9.17) is 13.9 Å². The maximum Gasteiger partial charge on any atom is 0.375 e. The summed E-state index contributed by atoms with van der Waals surface area (Å²) in [7, 11) is 0. The number of ether oxygens (including phenoxy) is 2. The number of Topliss-reactive ketones (excluding diaryl/α,β-unsaturated/α-hetero) is 1. The molecule has 0 amide bonds. The van der Waals surface area contributed by atoms with Crippen molar-refractivity contribution in [2.45, 2.75) is 40.0 Å². The van der Waals surface area contributed by atoms with E-state index in [9.17, 15) is 19.8 Å². The normalized spacial score (nSPS) is 10.9. The number of benzene rings is 2. The van der Waals surface area contributed by atoms with Crippen LogP contribution < -0.4 is 9.47 Å². The first-order chi connectivity index (χ1) is 14.8. The summed E-state index contributed by atoms with van der Waals surface area (Å²) >= 11 is 0. The van der Waals surface area contributed by atoms with E-state index in [1.807, 2.05) is 26.0 Å². The molecule has 1 heterocycles. The van der Waals surface area contributed by atoms with Crippen molar-refractivity contribution in [3.8, 4) is 17.2 Å². The highest BCUT2D eigenvalue weighted by Gasteiger charge is 2.22. The van der Waals surface area contributed by atoms with Gasteiger partial charge in [0.25, 0.3) is 5.76 Å². The number of rotatable bonds is 10. The van der Waals surface area contributed by atoms with Gasteiger partial charge in [-0.1, -0.05) is 25.5 Å². The quantitative estimate of drug-likeness (QED) is 0.341. The van der Waals surface area contributed by atoms with Gasteiger partial charge in [0.2, 0.25) is 0 Å². The molecule has 31 heavy (non-hydrogen) atoms. The van der Waals surface area contributed by atoms with E-state index in [1.54, 1.807) is 18.2 Å². The Labute approximate surface area is 180 Å². The number of aromatic hydroxyl groups is 1. The van der Waals surface area contributed by atoms with Gasteiger partial charge in [-0.25, -0.2) is 4.79 Å². The van der Waals surface area contributed by atoms with Crippen LogP contribution in [-0.4, -0.2) is 35.2 Å². The third kappa shape index (κ3) is 4.66. The molecule has 0 saturated heterocycles. The van der Waals surface area contributed by atoms with E-state index in [-0.39, 0.29) is 35.2 Å². The van der Waals surface area contributed by atoms with E-state index in [2.05, 4.69) is 0 Å². The number of fused-ring (bicyclic) bond motifs is 1. The molecule has 1 aromatic heterocycles. The highest BCUT2D eigenvalue weighted by molar-refractivity contribution is 5.99. The van der Waals surface area contributed by atoms with E-state index in [0.29, 0.717) is 41.7 Å². The number of carbonyl (C=O) groups is 2. The van der Waals surface area contributed by atoms with Crippen molar-refractivity contribution in [1.29, 1.82) is 0 Å². The molecule has 3 aromatic rings. The van der Waals surface area contributed by atoms with Gasteiger partial charge in [-0.15, -0.1) is 0 Å². The lowest BCUT2D eigenvalue weighted by Crippen LogP contribution is -2.08. The molecule has 7 nitrogen and oxygen atoms in total. The minimum Gasteiger partial charge on any atom is -0.507 e. The molecule has 0 fully saturated rings. The Morgan fingerprint density at radius 1 is 1.10 bits per heavy atom. The number of aryl methyl sites for hydroxylation is 1. The number of furan rings is 1. The first kappa shape index (κ1) is 22.2. The fourth-order valence-electron chi connectivity index (χ4n) is 3.47. The van der Waals surface area contributed by atoms with Gasteiger partial charge in [-0.05, 0) is 44.0 Å². The number of ketones is 1. The second-order valence-electron chi connectivity index (χ2n) is 7.31. The highest BCUT2D eigenvalue weighted by atomic mass is 16.5. The van der Waals surface area contributed by atoms with Crippen molar-refractivity contribution in [2.24, 2.45) is 0 Å². The van der Waals surface area contributed by atoms with Crippen molar-refractivity contribution < 1.29 is 33.7 Å². The first-order valence-electron chi connectivity index (χ1n) is 10.2. The third-order valence-corrected chi connectivity index (χ3v) is 4.97. The molecule has 0 radical (unpaired) electrons. The average Bonchev–Trinajstić information content (AvgIpc) is 3.10. The molecule has 0 spiro atoms. The number of hydrogen-bond donors (Lipinski definition) is 2. The fourth-order valence-corrected chi connectivity index (χ4v) is 3.47. The van der Waals surface area contributed by atoms with Crippen LogP contribution >= 0.6 is 0 Å². The molecule has 0 saturated carbocycles. The number of carboxylic acid groups (broad SMARTS) is 1. The molecule has 0 atom stereocenters. The van der Waals surface area contributed by atoms with Crippen LogP contribution in [0, 0.1) is 6.92 Å². The minimum absolute atomic E-state index is 0.0329. The summed E-state index contributed by atoms with van der Waals surface area (Å²) in [4.78, 5) is 23.2. The molecule has 0 aliphatic rings. The van der Waals surface area contributed by atoms with Crippen LogP contribution in [0.5, 0.6) is 17.2 Å². The topological polar surface area (TPSA) is 106 Å². The zero-order chi connectivity index (χ0) is 22.5. The summed E-state index contributed by atoms with van der Waals surface area (Å²) in [6.45, 7) is 5.76. The van der Waals surface area contributed by atoms with Gasteiger partial charge in [-0.3, -0.25) is 4.79 Å². The predicted octanol–water partition coefficient (Wildman–Crippen LogP) is 5.15. The molecular formula is C24H26O7. The molecule has 2 aromatic carbocycles. The summed E-state index contributed by atoms with van der Waals surface area (Å²) in [5, 5.41) is 20.5. The molecule has 7 heteroatoms. The second-order valence-corrected chi connectivity index (χ2v) is 7.31. The molecule has 0 bridgehead atoms. The second kappa shape index (κ2) is 9.55. The molecule has 2 N–H and O–H groups in total. The maximum absolute atomic E-state index is 11.7. The number of phenolic OH excluding ortho intramolecular Hbond substituents is 1. The summed E-state index contributed by atoms with van der Waals surface area (Å²) in [5.74, 6) is -0.908. The summed E-state index contributed by atoms with van der Waals surface area (Å²) in [6.07, 6.45) is 1.86. The Balaban J connectivity index is 1.67. The minimum atomic E-state index is -1.19.